The molecule has 0 spiro atoms. The lowest BCUT2D eigenvalue weighted by Crippen LogP contribution is -2.31. The van der Waals surface area contributed by atoms with Gasteiger partial charge in [0.1, 0.15) is 0 Å². The molecule has 2 aromatic heterocycles. The van der Waals surface area contributed by atoms with Gasteiger partial charge in [0, 0.05) is 18.4 Å². The highest BCUT2D eigenvalue weighted by molar-refractivity contribution is 9.10. The fourth-order valence-corrected chi connectivity index (χ4v) is 2.40. The van der Waals surface area contributed by atoms with Crippen LogP contribution in [0, 0.1) is 13.8 Å². The maximum absolute atomic E-state index is 6.13. The van der Waals surface area contributed by atoms with Crippen LogP contribution in [0.5, 0.6) is 0 Å². The fraction of sp³-hybridized carbons (Fsp3) is 0.385. The van der Waals surface area contributed by atoms with Gasteiger partial charge in [-0.05, 0) is 54.4 Å². The van der Waals surface area contributed by atoms with Crippen molar-refractivity contribution in [3.63, 3.8) is 0 Å². The van der Waals surface area contributed by atoms with E-state index >= 15 is 0 Å². The van der Waals surface area contributed by atoms with Crippen LogP contribution in [0.2, 0.25) is 0 Å². The summed E-state index contributed by atoms with van der Waals surface area (Å²) in [5, 5.41) is 4.58. The minimum Gasteiger partial charge on any atom is -0.326 e. The van der Waals surface area contributed by atoms with E-state index in [2.05, 4.69) is 26.0 Å². The van der Waals surface area contributed by atoms with Gasteiger partial charge >= 0.3 is 0 Å². The molecular formula is C13H17BrN4. The zero-order valence-corrected chi connectivity index (χ0v) is 12.3. The molecule has 0 aromatic carbocycles. The summed E-state index contributed by atoms with van der Waals surface area (Å²) in [4.78, 5) is 4.05. The second-order valence-electron chi connectivity index (χ2n) is 4.51. The van der Waals surface area contributed by atoms with Crippen molar-refractivity contribution >= 4 is 15.9 Å². The molecule has 96 valence electrons. The number of aryl methyl sites for hydroxylation is 1. The number of nitrogens with zero attached hydrogens (tertiary/aromatic N) is 3. The molecule has 2 heterocycles. The molecule has 0 fully saturated rings. The monoisotopic (exact) mass is 308 g/mol. The van der Waals surface area contributed by atoms with Gasteiger partial charge in [-0.15, -0.1) is 0 Å². The van der Waals surface area contributed by atoms with Crippen molar-refractivity contribution in [1.29, 1.82) is 0 Å². The molecule has 0 saturated carbocycles. The third-order valence-electron chi connectivity index (χ3n) is 3.05. The van der Waals surface area contributed by atoms with Crippen LogP contribution < -0.4 is 5.73 Å². The van der Waals surface area contributed by atoms with Crippen molar-refractivity contribution in [3.8, 4) is 0 Å². The largest absolute Gasteiger partial charge is 0.326 e. The molecule has 0 bridgehead atoms. The molecule has 0 aliphatic carbocycles. The van der Waals surface area contributed by atoms with E-state index in [1.165, 1.54) is 0 Å². The van der Waals surface area contributed by atoms with E-state index in [1.807, 2.05) is 37.6 Å². The Morgan fingerprint density at radius 3 is 2.33 bits per heavy atom. The standard InChI is InChI=1S/C13H17BrN4/c1-8(15)13(11-4-6-16-7-5-11)18-10(3)12(14)9(2)17-18/h4-8,13H,15H2,1-3H3. The van der Waals surface area contributed by atoms with Crippen molar-refractivity contribution in [1.82, 2.24) is 14.8 Å². The number of pyridine rings is 1. The average molecular weight is 309 g/mol. The van der Waals surface area contributed by atoms with Crippen LogP contribution in [0.1, 0.15) is 29.9 Å². The molecule has 2 N–H and O–H groups in total. The molecule has 0 amide bonds. The lowest BCUT2D eigenvalue weighted by Gasteiger charge is -2.23. The third-order valence-corrected chi connectivity index (χ3v) is 4.19. The van der Waals surface area contributed by atoms with Gasteiger partial charge in [0.15, 0.2) is 0 Å². The van der Waals surface area contributed by atoms with E-state index in [9.17, 15) is 0 Å². The Kier molecular flexibility index (Phi) is 3.82. The lowest BCUT2D eigenvalue weighted by atomic mass is 10.0. The van der Waals surface area contributed by atoms with Crippen LogP contribution in [0.15, 0.2) is 29.0 Å². The van der Waals surface area contributed by atoms with E-state index in [1.54, 1.807) is 12.4 Å². The van der Waals surface area contributed by atoms with Crippen molar-refractivity contribution in [2.75, 3.05) is 0 Å². The van der Waals surface area contributed by atoms with Crippen molar-refractivity contribution in [2.24, 2.45) is 5.73 Å². The Morgan fingerprint density at radius 2 is 1.89 bits per heavy atom. The van der Waals surface area contributed by atoms with Gasteiger partial charge in [-0.2, -0.15) is 5.10 Å². The van der Waals surface area contributed by atoms with Crippen molar-refractivity contribution < 1.29 is 0 Å². The Morgan fingerprint density at radius 1 is 1.28 bits per heavy atom. The summed E-state index contributed by atoms with van der Waals surface area (Å²) in [6, 6.07) is 3.96. The highest BCUT2D eigenvalue weighted by atomic mass is 79.9. The number of nitrogens with two attached hydrogens (primary N) is 1. The zero-order chi connectivity index (χ0) is 13.3. The number of halogens is 1. The molecule has 0 saturated heterocycles. The summed E-state index contributed by atoms with van der Waals surface area (Å²) in [6.45, 7) is 6.02. The van der Waals surface area contributed by atoms with Gasteiger partial charge in [0.25, 0.3) is 0 Å². The minimum atomic E-state index is -0.0303. The van der Waals surface area contributed by atoms with E-state index < -0.39 is 0 Å². The maximum atomic E-state index is 6.13. The lowest BCUT2D eigenvalue weighted by molar-refractivity contribution is 0.443. The van der Waals surface area contributed by atoms with Gasteiger partial charge in [-0.25, -0.2) is 0 Å². The Labute approximate surface area is 115 Å². The first-order valence-electron chi connectivity index (χ1n) is 5.89. The van der Waals surface area contributed by atoms with Gasteiger partial charge < -0.3 is 5.73 Å². The van der Waals surface area contributed by atoms with Crippen LogP contribution in [0.4, 0.5) is 0 Å². The number of rotatable bonds is 3. The molecule has 0 radical (unpaired) electrons. The van der Waals surface area contributed by atoms with Crippen LogP contribution in [0.3, 0.4) is 0 Å². The molecule has 2 rings (SSSR count). The van der Waals surface area contributed by atoms with Gasteiger partial charge in [0.05, 0.1) is 21.9 Å². The second kappa shape index (κ2) is 5.20. The van der Waals surface area contributed by atoms with Gasteiger partial charge in [-0.1, -0.05) is 0 Å². The summed E-state index contributed by atoms with van der Waals surface area (Å²) >= 11 is 3.55. The fourth-order valence-electron chi connectivity index (χ4n) is 2.14. The molecular weight excluding hydrogens is 292 g/mol. The normalized spacial score (nSPS) is 14.5. The number of hydrogen-bond donors (Lipinski definition) is 1. The topological polar surface area (TPSA) is 56.7 Å². The second-order valence-corrected chi connectivity index (χ2v) is 5.31. The van der Waals surface area contributed by atoms with E-state index in [4.69, 9.17) is 5.73 Å². The summed E-state index contributed by atoms with van der Waals surface area (Å²) < 4.78 is 3.03. The summed E-state index contributed by atoms with van der Waals surface area (Å²) in [5.74, 6) is 0. The highest BCUT2D eigenvalue weighted by Gasteiger charge is 2.22. The predicted molar refractivity (Wildman–Crippen MR) is 75.4 cm³/mol. The number of hydrogen-bond acceptors (Lipinski definition) is 3. The Bertz CT molecular complexity index is 533. The van der Waals surface area contributed by atoms with E-state index in [0.717, 1.165) is 21.4 Å². The summed E-state index contributed by atoms with van der Waals surface area (Å²) in [6.07, 6.45) is 3.57. The minimum absolute atomic E-state index is 0.0259. The van der Waals surface area contributed by atoms with E-state index in [-0.39, 0.29) is 12.1 Å². The first-order valence-corrected chi connectivity index (χ1v) is 6.68. The molecule has 5 heteroatoms. The molecule has 2 aromatic rings. The SMILES string of the molecule is Cc1nn(C(c2ccncc2)C(C)N)c(C)c1Br. The van der Waals surface area contributed by atoms with Crippen molar-refractivity contribution in [2.45, 2.75) is 32.9 Å². The number of aromatic nitrogens is 3. The van der Waals surface area contributed by atoms with Crippen LogP contribution in [0.25, 0.3) is 0 Å². The maximum Gasteiger partial charge on any atom is 0.0921 e. The first kappa shape index (κ1) is 13.2. The molecule has 0 aliphatic heterocycles. The summed E-state index contributed by atoms with van der Waals surface area (Å²) in [7, 11) is 0. The zero-order valence-electron chi connectivity index (χ0n) is 10.8. The van der Waals surface area contributed by atoms with Crippen LogP contribution in [-0.2, 0) is 0 Å². The molecule has 18 heavy (non-hydrogen) atoms. The molecule has 4 nitrogen and oxygen atoms in total. The summed E-state index contributed by atoms with van der Waals surface area (Å²) in [5.41, 5.74) is 9.32. The smallest absolute Gasteiger partial charge is 0.0921 e. The van der Waals surface area contributed by atoms with E-state index in [0.29, 0.717) is 0 Å². The molecule has 2 unspecified atom stereocenters. The van der Waals surface area contributed by atoms with Crippen LogP contribution in [-0.4, -0.2) is 20.8 Å². The quantitative estimate of drug-likeness (QED) is 0.948. The average Bonchev–Trinajstić information content (AvgIpc) is 2.59. The Balaban J connectivity index is 2.52. The van der Waals surface area contributed by atoms with Gasteiger partial charge in [-0.3, -0.25) is 9.67 Å². The van der Waals surface area contributed by atoms with Crippen LogP contribution >= 0.6 is 15.9 Å². The predicted octanol–water partition coefficient (Wildman–Crippen LogP) is 2.59. The first-order chi connectivity index (χ1) is 8.52. The molecule has 0 aliphatic rings. The molecule has 2 atom stereocenters. The highest BCUT2D eigenvalue weighted by Crippen LogP contribution is 2.27. The van der Waals surface area contributed by atoms with Crippen molar-refractivity contribution in [3.05, 3.63) is 46.0 Å². The Hall–Kier alpha value is -1.20. The van der Waals surface area contributed by atoms with Gasteiger partial charge in [0.2, 0.25) is 0 Å². The third kappa shape index (κ3) is 2.33.